The van der Waals surface area contributed by atoms with Gasteiger partial charge in [0, 0.05) is 6.20 Å². The topological polar surface area (TPSA) is 79.8 Å². The molecule has 1 heterocycles. The minimum absolute atomic E-state index is 0.604. The van der Waals surface area contributed by atoms with Gasteiger partial charge in [-0.2, -0.15) is 5.26 Å². The summed E-state index contributed by atoms with van der Waals surface area (Å²) in [5.41, 5.74) is -2.32. The van der Waals surface area contributed by atoms with Crippen LogP contribution in [-0.4, -0.2) is 9.91 Å². The van der Waals surface area contributed by atoms with Gasteiger partial charge in [-0.05, 0) is 6.07 Å². The molecule has 0 aliphatic heterocycles. The van der Waals surface area contributed by atoms with E-state index in [4.69, 9.17) is 5.26 Å². The third kappa shape index (κ3) is 1.64. The lowest BCUT2D eigenvalue weighted by atomic mass is 10.2. The van der Waals surface area contributed by atoms with Crippen molar-refractivity contribution in [3.05, 3.63) is 33.6 Å². The number of hydrogen-bond donors (Lipinski definition) is 0. The summed E-state index contributed by atoms with van der Waals surface area (Å²) in [6.07, 6.45) is -2.06. The van der Waals surface area contributed by atoms with Gasteiger partial charge in [0.05, 0.1) is 4.92 Å². The second-order valence-electron chi connectivity index (χ2n) is 2.27. The minimum Gasteiger partial charge on any atom is -0.258 e. The predicted octanol–water partition coefficient (Wildman–Crippen LogP) is 1.80. The maximum Gasteiger partial charge on any atom is 0.314 e. The average molecular weight is 199 g/mol. The molecule has 0 aromatic carbocycles. The average Bonchev–Trinajstić information content (AvgIpc) is 2.16. The maximum absolute atomic E-state index is 12.3. The van der Waals surface area contributed by atoms with Crippen molar-refractivity contribution in [2.75, 3.05) is 0 Å². The van der Waals surface area contributed by atoms with Gasteiger partial charge < -0.3 is 0 Å². The van der Waals surface area contributed by atoms with Gasteiger partial charge in [0.2, 0.25) is 5.69 Å². The molecule has 0 atom stereocenters. The van der Waals surface area contributed by atoms with E-state index in [-0.39, 0.29) is 0 Å². The number of rotatable bonds is 2. The lowest BCUT2D eigenvalue weighted by Crippen LogP contribution is -2.00. The summed E-state index contributed by atoms with van der Waals surface area (Å²) in [6, 6.07) is 2.21. The van der Waals surface area contributed by atoms with Crippen LogP contribution in [0.5, 0.6) is 0 Å². The number of alkyl halides is 2. The normalized spacial score (nSPS) is 9.86. The first-order valence-corrected chi connectivity index (χ1v) is 3.39. The van der Waals surface area contributed by atoms with Gasteiger partial charge in [0.1, 0.15) is 11.6 Å². The lowest BCUT2D eigenvalue weighted by molar-refractivity contribution is -0.386. The Hall–Kier alpha value is -2.10. The summed E-state index contributed by atoms with van der Waals surface area (Å²) in [5, 5.41) is 18.8. The van der Waals surface area contributed by atoms with E-state index in [1.54, 1.807) is 0 Å². The highest BCUT2D eigenvalue weighted by molar-refractivity contribution is 5.50. The van der Waals surface area contributed by atoms with Crippen LogP contribution in [0.3, 0.4) is 0 Å². The Bertz CT molecular complexity index is 414. The molecular formula is C7H3F2N3O2. The number of nitrogens with zero attached hydrogens (tertiary/aromatic N) is 3. The van der Waals surface area contributed by atoms with Gasteiger partial charge >= 0.3 is 5.69 Å². The first kappa shape index (κ1) is 9.98. The van der Waals surface area contributed by atoms with E-state index in [1.807, 2.05) is 0 Å². The van der Waals surface area contributed by atoms with Gasteiger partial charge in [0.25, 0.3) is 6.43 Å². The van der Waals surface area contributed by atoms with Crippen molar-refractivity contribution in [3.8, 4) is 6.07 Å². The van der Waals surface area contributed by atoms with E-state index >= 15 is 0 Å². The fourth-order valence-corrected chi connectivity index (χ4v) is 0.919. The zero-order chi connectivity index (χ0) is 10.7. The van der Waals surface area contributed by atoms with Gasteiger partial charge in [0.15, 0.2) is 0 Å². The van der Waals surface area contributed by atoms with Gasteiger partial charge in [-0.15, -0.1) is 0 Å². The third-order valence-electron chi connectivity index (χ3n) is 1.48. The molecule has 0 spiro atoms. The summed E-state index contributed by atoms with van der Waals surface area (Å²) in [6.45, 7) is 0. The van der Waals surface area contributed by atoms with Crippen molar-refractivity contribution in [2.45, 2.75) is 6.43 Å². The Morgan fingerprint density at radius 3 is 2.71 bits per heavy atom. The van der Waals surface area contributed by atoms with Crippen LogP contribution in [0, 0.1) is 21.4 Å². The molecule has 5 nitrogen and oxygen atoms in total. The van der Waals surface area contributed by atoms with Crippen molar-refractivity contribution in [3.63, 3.8) is 0 Å². The van der Waals surface area contributed by atoms with Crippen LogP contribution in [0.4, 0.5) is 14.5 Å². The molecule has 0 saturated carbocycles. The third-order valence-corrected chi connectivity index (χ3v) is 1.48. The highest BCUT2D eigenvalue weighted by Crippen LogP contribution is 2.29. The Labute approximate surface area is 76.8 Å². The van der Waals surface area contributed by atoms with E-state index in [1.165, 1.54) is 6.07 Å². The molecule has 7 heteroatoms. The summed E-state index contributed by atoms with van der Waals surface area (Å²) in [7, 11) is 0. The van der Waals surface area contributed by atoms with Crippen LogP contribution in [0.15, 0.2) is 12.3 Å². The van der Waals surface area contributed by atoms with Crippen molar-refractivity contribution in [1.82, 2.24) is 4.98 Å². The van der Waals surface area contributed by atoms with Gasteiger partial charge in [-0.25, -0.2) is 13.8 Å². The Morgan fingerprint density at radius 1 is 1.64 bits per heavy atom. The molecule has 14 heavy (non-hydrogen) atoms. The van der Waals surface area contributed by atoms with Gasteiger partial charge in [-0.3, -0.25) is 10.1 Å². The Morgan fingerprint density at radius 2 is 2.29 bits per heavy atom. The molecular weight excluding hydrogens is 196 g/mol. The molecule has 0 saturated heterocycles. The largest absolute Gasteiger partial charge is 0.314 e. The van der Waals surface area contributed by atoms with Crippen LogP contribution >= 0.6 is 0 Å². The number of aromatic nitrogens is 1. The van der Waals surface area contributed by atoms with Crippen LogP contribution in [0.1, 0.15) is 17.7 Å². The Kier molecular flexibility index (Phi) is 2.67. The summed E-state index contributed by atoms with van der Waals surface area (Å²) in [5.74, 6) is 0. The number of hydrogen-bond acceptors (Lipinski definition) is 4. The molecule has 0 amide bonds. The van der Waals surface area contributed by atoms with E-state index in [2.05, 4.69) is 4.98 Å². The standard InChI is InChI=1S/C7H3F2N3O2/c8-7(9)4-1-2-11-5(3-10)6(4)12(13)14/h1-2,7H. The molecule has 0 N–H and O–H groups in total. The maximum atomic E-state index is 12.3. The van der Waals surface area contributed by atoms with Crippen LogP contribution in [-0.2, 0) is 0 Å². The van der Waals surface area contributed by atoms with E-state index in [0.29, 0.717) is 0 Å². The van der Waals surface area contributed by atoms with Crippen molar-refractivity contribution < 1.29 is 13.7 Å². The molecule has 0 aliphatic carbocycles. The van der Waals surface area contributed by atoms with Crippen LogP contribution in [0.2, 0.25) is 0 Å². The van der Waals surface area contributed by atoms with E-state index in [9.17, 15) is 18.9 Å². The summed E-state index contributed by atoms with van der Waals surface area (Å²) in [4.78, 5) is 12.7. The minimum atomic E-state index is -2.99. The molecule has 1 aromatic rings. The monoisotopic (exact) mass is 199 g/mol. The van der Waals surface area contributed by atoms with Crippen molar-refractivity contribution in [2.24, 2.45) is 0 Å². The summed E-state index contributed by atoms with van der Waals surface area (Å²) >= 11 is 0. The fourth-order valence-electron chi connectivity index (χ4n) is 0.919. The highest BCUT2D eigenvalue weighted by atomic mass is 19.3. The highest BCUT2D eigenvalue weighted by Gasteiger charge is 2.26. The van der Waals surface area contributed by atoms with E-state index in [0.717, 1.165) is 12.3 Å². The molecule has 0 unspecified atom stereocenters. The first-order chi connectivity index (χ1) is 6.57. The molecule has 0 aliphatic rings. The number of nitriles is 1. The lowest BCUT2D eigenvalue weighted by Gasteiger charge is -2.00. The number of pyridine rings is 1. The van der Waals surface area contributed by atoms with Gasteiger partial charge in [-0.1, -0.05) is 0 Å². The first-order valence-electron chi connectivity index (χ1n) is 3.39. The fraction of sp³-hybridized carbons (Fsp3) is 0.143. The van der Waals surface area contributed by atoms with Crippen LogP contribution < -0.4 is 0 Å². The Balaban J connectivity index is 3.45. The number of nitro groups is 1. The molecule has 72 valence electrons. The molecule has 1 aromatic heterocycles. The van der Waals surface area contributed by atoms with E-state index < -0.39 is 28.3 Å². The molecule has 0 fully saturated rings. The second kappa shape index (κ2) is 3.74. The smallest absolute Gasteiger partial charge is 0.258 e. The zero-order valence-corrected chi connectivity index (χ0v) is 6.65. The molecule has 1 rings (SSSR count). The predicted molar refractivity (Wildman–Crippen MR) is 40.6 cm³/mol. The van der Waals surface area contributed by atoms with Crippen molar-refractivity contribution in [1.29, 1.82) is 5.26 Å². The molecule has 0 radical (unpaired) electrons. The van der Waals surface area contributed by atoms with Crippen molar-refractivity contribution >= 4 is 5.69 Å². The quantitative estimate of drug-likeness (QED) is 0.537. The zero-order valence-electron chi connectivity index (χ0n) is 6.65. The van der Waals surface area contributed by atoms with Crippen LogP contribution in [0.25, 0.3) is 0 Å². The number of halogens is 2. The molecule has 0 bridgehead atoms. The SMILES string of the molecule is N#Cc1nccc(C(F)F)c1[N+](=O)[O-]. The summed E-state index contributed by atoms with van der Waals surface area (Å²) < 4.78 is 24.5. The second-order valence-corrected chi connectivity index (χ2v) is 2.27.